The summed E-state index contributed by atoms with van der Waals surface area (Å²) < 4.78 is 72.2. The summed E-state index contributed by atoms with van der Waals surface area (Å²) in [6.07, 6.45) is 60.6. The van der Waals surface area contributed by atoms with E-state index in [0.29, 0.717) is 24.0 Å². The Morgan fingerprint density at radius 3 is 0.691 bits per heavy atom. The molecule has 0 radical (unpaired) electrons. The van der Waals surface area contributed by atoms with Gasteiger partial charge < -0.3 is 9.11 Å². The van der Waals surface area contributed by atoms with E-state index in [1.165, 1.54) is 268 Å². The monoisotopic (exact) mass is 1180 g/mol. The van der Waals surface area contributed by atoms with E-state index >= 15 is 0 Å². The first-order valence-electron chi connectivity index (χ1n) is 33.9. The van der Waals surface area contributed by atoms with E-state index in [0.717, 1.165) is 60.1 Å². The van der Waals surface area contributed by atoms with E-state index in [9.17, 15) is 25.9 Å². The van der Waals surface area contributed by atoms with E-state index in [-0.39, 0.29) is 47.5 Å². The van der Waals surface area contributed by atoms with Crippen molar-refractivity contribution < 1.29 is 25.9 Å². The van der Waals surface area contributed by atoms with Gasteiger partial charge in [-0.3, -0.25) is 0 Å². The Morgan fingerprint density at radius 2 is 0.469 bits per heavy atom. The quantitative estimate of drug-likeness (QED) is 0.0247. The predicted molar refractivity (Wildman–Crippen MR) is 350 cm³/mol. The fourth-order valence-corrected chi connectivity index (χ4v) is 13.4. The van der Waals surface area contributed by atoms with E-state index in [4.69, 9.17) is 0 Å². The van der Waals surface area contributed by atoms with Gasteiger partial charge in [-0.1, -0.05) is 321 Å². The van der Waals surface area contributed by atoms with Gasteiger partial charge in [0.25, 0.3) is 0 Å². The molecule has 81 heavy (non-hydrogen) atoms. The van der Waals surface area contributed by atoms with Crippen molar-refractivity contribution in [2.75, 3.05) is 0 Å². The summed E-state index contributed by atoms with van der Waals surface area (Å²) in [5, 5.41) is 3.82. The molecule has 456 valence electrons. The fraction of sp³-hybridized carbons (Fsp3) is 0.722. The molecule has 0 heterocycles. The van der Waals surface area contributed by atoms with Gasteiger partial charge in [0.1, 0.15) is 20.2 Å². The van der Waals surface area contributed by atoms with Crippen molar-refractivity contribution in [1.82, 2.24) is 0 Å². The molecule has 0 unspecified atom stereocenters. The van der Waals surface area contributed by atoms with Crippen molar-refractivity contribution in [2.24, 2.45) is 0 Å². The number of unbranched alkanes of at least 4 members (excludes halogenated alkanes) is 40. The summed E-state index contributed by atoms with van der Waals surface area (Å²) in [5.41, 5.74) is 4.01. The SMILES string of the molecule is CCCCCCCCCCCCCc1ccc2cc(S(=O)(=O)[O-])c(CCCCCCCCCCCCC)cc2c1.CCCCCCCCCCCCCc1ccc2cc(S(=O)(=O)[O-])c(CCCCCCCCCCCCC)cc2c1.[Ca+2]. The molecule has 6 nitrogen and oxygen atoms in total. The van der Waals surface area contributed by atoms with Crippen LogP contribution in [0.2, 0.25) is 0 Å². The van der Waals surface area contributed by atoms with Crippen LogP contribution < -0.4 is 0 Å². The Labute approximate surface area is 529 Å². The van der Waals surface area contributed by atoms with Crippen LogP contribution in [0.15, 0.2) is 70.5 Å². The standard InChI is InChI=1S/2C36H60O3S.Ca/c2*1-3-5-7-9-11-13-15-17-19-21-23-25-32-27-28-33-31-36(40(37,38)39)34(30-35(33)29-32)26-24-22-20-18-16-14-12-10-8-6-4-2;/h2*27-31H,3-26H2,1-2H3,(H,37,38,39);/q;;+2/p-2. The molecule has 0 atom stereocenters. The molecule has 0 saturated carbocycles. The smallest absolute Gasteiger partial charge is 0.744 e. The van der Waals surface area contributed by atoms with Crippen molar-refractivity contribution in [3.63, 3.8) is 0 Å². The normalized spacial score (nSPS) is 11.8. The summed E-state index contributed by atoms with van der Waals surface area (Å²) in [6, 6.07) is 19.8. The molecule has 9 heteroatoms. The number of hydrogen-bond donors (Lipinski definition) is 0. The summed E-state index contributed by atoms with van der Waals surface area (Å²) >= 11 is 0. The van der Waals surface area contributed by atoms with Gasteiger partial charge in [0.2, 0.25) is 0 Å². The third kappa shape index (κ3) is 36.3. The Kier molecular flexibility index (Phi) is 45.3. The van der Waals surface area contributed by atoms with Crippen LogP contribution in [0.5, 0.6) is 0 Å². The molecular formula is C72H118CaO6S2. The van der Waals surface area contributed by atoms with Gasteiger partial charge >= 0.3 is 37.7 Å². The van der Waals surface area contributed by atoms with Crippen molar-refractivity contribution in [1.29, 1.82) is 0 Å². The van der Waals surface area contributed by atoms with Crippen molar-refractivity contribution >= 4 is 79.5 Å². The second-order valence-electron chi connectivity index (χ2n) is 24.3. The van der Waals surface area contributed by atoms with Crippen LogP contribution in [-0.4, -0.2) is 63.7 Å². The minimum Gasteiger partial charge on any atom is -0.744 e. The third-order valence-electron chi connectivity index (χ3n) is 16.9. The minimum atomic E-state index is -4.48. The van der Waals surface area contributed by atoms with Gasteiger partial charge in [-0.2, -0.15) is 0 Å². The third-order valence-corrected chi connectivity index (χ3v) is 18.8. The second kappa shape index (κ2) is 48.6. The van der Waals surface area contributed by atoms with Crippen molar-refractivity contribution in [3.8, 4) is 0 Å². The number of fused-ring (bicyclic) bond motifs is 2. The van der Waals surface area contributed by atoms with Crippen LogP contribution in [0.1, 0.15) is 332 Å². The van der Waals surface area contributed by atoms with Crippen LogP contribution >= 0.6 is 0 Å². The molecule has 0 aliphatic heterocycles. The zero-order valence-corrected chi connectivity index (χ0v) is 56.5. The van der Waals surface area contributed by atoms with E-state index in [1.807, 2.05) is 24.3 Å². The molecule has 0 N–H and O–H groups in total. The molecular weight excluding hydrogens is 1060 g/mol. The van der Waals surface area contributed by atoms with Crippen LogP contribution in [0, 0.1) is 0 Å². The van der Waals surface area contributed by atoms with Gasteiger partial charge in [-0.25, -0.2) is 16.8 Å². The Balaban J connectivity index is 0.000000547. The first-order valence-corrected chi connectivity index (χ1v) is 36.8. The largest absolute Gasteiger partial charge is 2.00 e. The first-order chi connectivity index (χ1) is 38.9. The van der Waals surface area contributed by atoms with E-state index < -0.39 is 20.2 Å². The number of benzene rings is 4. The average Bonchev–Trinajstić information content (AvgIpc) is 3.47. The maximum atomic E-state index is 12.0. The summed E-state index contributed by atoms with van der Waals surface area (Å²) in [7, 11) is -8.97. The van der Waals surface area contributed by atoms with Gasteiger partial charge in [0.05, 0.1) is 9.79 Å². The Hall–Kier alpha value is -1.52. The Bertz CT molecular complexity index is 2230. The molecule has 4 aromatic carbocycles. The van der Waals surface area contributed by atoms with Gasteiger partial charge in [-0.05, 0) is 119 Å². The average molecular weight is 1180 g/mol. The zero-order valence-electron chi connectivity index (χ0n) is 52.7. The van der Waals surface area contributed by atoms with Crippen molar-refractivity contribution in [2.45, 2.75) is 346 Å². The van der Waals surface area contributed by atoms with Gasteiger partial charge in [0.15, 0.2) is 0 Å². The fourth-order valence-electron chi connectivity index (χ4n) is 11.9. The zero-order chi connectivity index (χ0) is 57.8. The molecule has 0 bridgehead atoms. The molecule has 0 saturated heterocycles. The first kappa shape index (κ1) is 75.6. The molecule has 0 aromatic heterocycles. The number of aryl methyl sites for hydroxylation is 4. The summed E-state index contributed by atoms with van der Waals surface area (Å²) in [5.74, 6) is 0. The molecule has 0 aliphatic rings. The van der Waals surface area contributed by atoms with E-state index in [1.54, 1.807) is 12.1 Å². The van der Waals surface area contributed by atoms with Crippen LogP contribution in [0.3, 0.4) is 0 Å². The molecule has 4 aromatic rings. The van der Waals surface area contributed by atoms with Gasteiger partial charge in [0, 0.05) is 0 Å². The van der Waals surface area contributed by atoms with Crippen LogP contribution in [0.25, 0.3) is 21.5 Å². The van der Waals surface area contributed by atoms with Crippen molar-refractivity contribution in [3.05, 3.63) is 82.9 Å². The number of rotatable bonds is 50. The van der Waals surface area contributed by atoms with E-state index in [2.05, 4.69) is 52.0 Å². The maximum absolute atomic E-state index is 12.0. The van der Waals surface area contributed by atoms with Crippen LogP contribution in [-0.2, 0) is 45.9 Å². The summed E-state index contributed by atoms with van der Waals surface area (Å²) in [6.45, 7) is 9.05. The summed E-state index contributed by atoms with van der Waals surface area (Å²) in [4.78, 5) is -0.0459. The van der Waals surface area contributed by atoms with Crippen LogP contribution in [0.4, 0.5) is 0 Å². The predicted octanol–water partition coefficient (Wildman–Crippen LogP) is 22.5. The molecule has 4 rings (SSSR count). The molecule has 0 amide bonds. The minimum absolute atomic E-state index is 0. The molecule has 0 aliphatic carbocycles. The molecule has 0 spiro atoms. The Morgan fingerprint density at radius 1 is 0.259 bits per heavy atom. The number of hydrogen-bond acceptors (Lipinski definition) is 6. The second-order valence-corrected chi connectivity index (χ2v) is 27.0. The maximum Gasteiger partial charge on any atom is 2.00 e. The molecule has 0 fully saturated rings. The topological polar surface area (TPSA) is 114 Å². The van der Waals surface area contributed by atoms with Gasteiger partial charge in [-0.15, -0.1) is 0 Å².